The van der Waals surface area contributed by atoms with Crippen molar-refractivity contribution in [2.24, 2.45) is 0 Å². The van der Waals surface area contributed by atoms with Crippen LogP contribution >= 0.6 is 0 Å². The summed E-state index contributed by atoms with van der Waals surface area (Å²) in [6.07, 6.45) is 0. The average Bonchev–Trinajstić information content (AvgIpc) is 2.69. The molecule has 1 amide bonds. The molecule has 0 heterocycles. The van der Waals surface area contributed by atoms with Crippen molar-refractivity contribution in [3.05, 3.63) is 107 Å². The van der Waals surface area contributed by atoms with E-state index in [1.807, 2.05) is 42.5 Å². The molecule has 1 unspecified atom stereocenters. The maximum absolute atomic E-state index is 12.8. The molecule has 3 rings (SSSR count). The summed E-state index contributed by atoms with van der Waals surface area (Å²) in [7, 11) is 2.06. The molecule has 0 aromatic heterocycles. The lowest BCUT2D eigenvalue weighted by atomic mass is 9.99. The third-order valence-corrected chi connectivity index (χ3v) is 4.79. The van der Waals surface area contributed by atoms with Gasteiger partial charge in [0.1, 0.15) is 6.54 Å². The van der Waals surface area contributed by atoms with Crippen molar-refractivity contribution in [2.45, 2.75) is 19.5 Å². The van der Waals surface area contributed by atoms with Crippen LogP contribution in [0.5, 0.6) is 0 Å². The Morgan fingerprint density at radius 2 is 1.37 bits per heavy atom. The summed E-state index contributed by atoms with van der Waals surface area (Å²) >= 11 is 0. The highest BCUT2D eigenvalue weighted by Gasteiger charge is 2.19. The number of rotatable bonds is 7. The van der Waals surface area contributed by atoms with Crippen LogP contribution in [0.25, 0.3) is 0 Å². The van der Waals surface area contributed by atoms with Gasteiger partial charge in [0.25, 0.3) is 5.91 Å². The van der Waals surface area contributed by atoms with Crippen molar-refractivity contribution in [1.82, 2.24) is 5.32 Å². The minimum atomic E-state index is -0.133. The van der Waals surface area contributed by atoms with Crippen molar-refractivity contribution in [3.8, 4) is 0 Å². The van der Waals surface area contributed by atoms with Gasteiger partial charge >= 0.3 is 0 Å². The maximum Gasteiger partial charge on any atom is 0.275 e. The number of quaternary nitrogens is 1. The average molecular weight is 359 g/mol. The number of hydrogen-bond acceptors (Lipinski definition) is 1. The monoisotopic (exact) mass is 359 g/mol. The van der Waals surface area contributed by atoms with Crippen LogP contribution in [-0.4, -0.2) is 19.5 Å². The summed E-state index contributed by atoms with van der Waals surface area (Å²) in [5, 5.41) is 3.22. The summed E-state index contributed by atoms with van der Waals surface area (Å²) < 4.78 is 0. The lowest BCUT2D eigenvalue weighted by molar-refractivity contribution is -0.885. The molecule has 0 aliphatic rings. The van der Waals surface area contributed by atoms with E-state index in [4.69, 9.17) is 0 Å². The molecule has 0 spiro atoms. The van der Waals surface area contributed by atoms with Gasteiger partial charge in [-0.05, 0) is 23.6 Å². The van der Waals surface area contributed by atoms with Gasteiger partial charge in [-0.2, -0.15) is 0 Å². The van der Waals surface area contributed by atoms with Crippen LogP contribution < -0.4 is 10.2 Å². The van der Waals surface area contributed by atoms with Gasteiger partial charge in [-0.25, -0.2) is 0 Å². The third kappa shape index (κ3) is 5.28. The number of carbonyl (C=O) groups excluding carboxylic acids is 1. The minimum absolute atomic E-state index is 0.0544. The Morgan fingerprint density at radius 1 is 0.852 bits per heavy atom. The second kappa shape index (κ2) is 9.15. The van der Waals surface area contributed by atoms with E-state index in [9.17, 15) is 4.79 Å². The number of hydrogen-bond donors (Lipinski definition) is 2. The van der Waals surface area contributed by atoms with Crippen LogP contribution in [0.3, 0.4) is 0 Å². The molecule has 0 bridgehead atoms. The fourth-order valence-corrected chi connectivity index (χ4v) is 3.33. The van der Waals surface area contributed by atoms with Crippen LogP contribution in [-0.2, 0) is 11.3 Å². The van der Waals surface area contributed by atoms with Crippen LogP contribution in [0.15, 0.2) is 84.9 Å². The van der Waals surface area contributed by atoms with Crippen molar-refractivity contribution in [1.29, 1.82) is 0 Å². The number of carbonyl (C=O) groups is 1. The number of amides is 1. The zero-order chi connectivity index (χ0) is 19.1. The first kappa shape index (κ1) is 18.9. The van der Waals surface area contributed by atoms with Crippen LogP contribution in [0.1, 0.15) is 28.3 Å². The highest BCUT2D eigenvalue weighted by atomic mass is 16.2. The standard InChI is InChI=1S/C24H26N2O/c1-19-11-9-10-16-22(19)17-26(2)18-23(27)25-24(20-12-5-3-6-13-20)21-14-7-4-8-15-21/h3-16,24H,17-18H2,1-2H3,(H,25,27)/p+1. The predicted molar refractivity (Wildman–Crippen MR) is 110 cm³/mol. The summed E-state index contributed by atoms with van der Waals surface area (Å²) in [5.74, 6) is 0.0544. The lowest BCUT2D eigenvalue weighted by Gasteiger charge is -2.21. The third-order valence-electron chi connectivity index (χ3n) is 4.79. The molecule has 27 heavy (non-hydrogen) atoms. The zero-order valence-corrected chi connectivity index (χ0v) is 16.0. The molecular weight excluding hydrogens is 332 g/mol. The summed E-state index contributed by atoms with van der Waals surface area (Å²) in [6, 6.07) is 28.5. The second-order valence-corrected chi connectivity index (χ2v) is 7.06. The molecule has 0 saturated carbocycles. The van der Waals surface area contributed by atoms with E-state index in [0.717, 1.165) is 17.7 Å². The van der Waals surface area contributed by atoms with Gasteiger partial charge in [0.2, 0.25) is 0 Å². The molecule has 138 valence electrons. The van der Waals surface area contributed by atoms with Crippen LogP contribution in [0.4, 0.5) is 0 Å². The molecule has 3 aromatic rings. The molecule has 1 atom stereocenters. The van der Waals surface area contributed by atoms with Crippen molar-refractivity contribution in [3.63, 3.8) is 0 Å². The highest BCUT2D eigenvalue weighted by molar-refractivity contribution is 5.77. The Balaban J connectivity index is 1.69. The Morgan fingerprint density at radius 3 is 1.93 bits per heavy atom. The fraction of sp³-hybridized carbons (Fsp3) is 0.208. The summed E-state index contributed by atoms with van der Waals surface area (Å²) in [4.78, 5) is 13.9. The molecule has 0 aliphatic heterocycles. The van der Waals surface area contributed by atoms with Gasteiger partial charge in [-0.1, -0.05) is 84.9 Å². The van der Waals surface area contributed by atoms with E-state index in [2.05, 4.69) is 61.8 Å². The first-order valence-corrected chi connectivity index (χ1v) is 9.38. The molecule has 0 radical (unpaired) electrons. The normalized spacial score (nSPS) is 12.0. The topological polar surface area (TPSA) is 33.5 Å². The van der Waals surface area contributed by atoms with Crippen molar-refractivity contribution < 1.29 is 9.69 Å². The molecular formula is C24H27N2O+. The number of nitrogens with one attached hydrogen (secondary N) is 2. The smallest absolute Gasteiger partial charge is 0.275 e. The molecule has 0 saturated heterocycles. The number of aryl methyl sites for hydroxylation is 1. The summed E-state index contributed by atoms with van der Waals surface area (Å²) in [6.45, 7) is 3.38. The van der Waals surface area contributed by atoms with Crippen molar-refractivity contribution >= 4 is 5.91 Å². The SMILES string of the molecule is Cc1ccccc1C[NH+](C)CC(=O)NC(c1ccccc1)c1ccccc1. The highest BCUT2D eigenvalue weighted by Crippen LogP contribution is 2.21. The molecule has 3 nitrogen and oxygen atoms in total. The van der Waals surface area contributed by atoms with Gasteiger partial charge in [0, 0.05) is 5.56 Å². The zero-order valence-electron chi connectivity index (χ0n) is 16.0. The molecule has 2 N–H and O–H groups in total. The van der Waals surface area contributed by atoms with Crippen LogP contribution in [0, 0.1) is 6.92 Å². The Labute approximate surface area is 161 Å². The van der Waals surface area contributed by atoms with E-state index in [1.54, 1.807) is 0 Å². The molecule has 3 aromatic carbocycles. The van der Waals surface area contributed by atoms with E-state index in [0.29, 0.717) is 6.54 Å². The second-order valence-electron chi connectivity index (χ2n) is 7.06. The molecule has 0 fully saturated rings. The maximum atomic E-state index is 12.8. The number of likely N-dealkylation sites (N-methyl/N-ethyl adjacent to an activating group) is 1. The van der Waals surface area contributed by atoms with E-state index < -0.39 is 0 Å². The number of benzene rings is 3. The minimum Gasteiger partial charge on any atom is -0.340 e. The van der Waals surface area contributed by atoms with Gasteiger partial charge in [-0.3, -0.25) is 4.79 Å². The quantitative estimate of drug-likeness (QED) is 0.668. The van der Waals surface area contributed by atoms with Gasteiger partial charge < -0.3 is 10.2 Å². The van der Waals surface area contributed by atoms with Gasteiger partial charge in [0.15, 0.2) is 6.54 Å². The van der Waals surface area contributed by atoms with Crippen molar-refractivity contribution in [2.75, 3.05) is 13.6 Å². The van der Waals surface area contributed by atoms with Crippen LogP contribution in [0.2, 0.25) is 0 Å². The van der Waals surface area contributed by atoms with E-state index in [1.165, 1.54) is 16.0 Å². The van der Waals surface area contributed by atoms with E-state index >= 15 is 0 Å². The first-order chi connectivity index (χ1) is 13.1. The predicted octanol–water partition coefficient (Wildman–Crippen LogP) is 2.92. The molecule has 3 heteroatoms. The lowest BCUT2D eigenvalue weighted by Crippen LogP contribution is -3.09. The first-order valence-electron chi connectivity index (χ1n) is 9.38. The Hall–Kier alpha value is -2.91. The largest absolute Gasteiger partial charge is 0.340 e. The molecule has 0 aliphatic carbocycles. The van der Waals surface area contributed by atoms with E-state index in [-0.39, 0.29) is 11.9 Å². The summed E-state index contributed by atoms with van der Waals surface area (Å²) in [5.41, 5.74) is 4.73. The van der Waals surface area contributed by atoms with Gasteiger partial charge in [-0.15, -0.1) is 0 Å². The fourth-order valence-electron chi connectivity index (χ4n) is 3.33. The van der Waals surface area contributed by atoms with Gasteiger partial charge in [0.05, 0.1) is 13.1 Å². The Kier molecular flexibility index (Phi) is 6.39. The Bertz CT molecular complexity index is 822.